The molecule has 1 amide bonds. The molecule has 0 saturated carbocycles. The lowest BCUT2D eigenvalue weighted by atomic mass is 9.95. The lowest BCUT2D eigenvalue weighted by molar-refractivity contribution is -0.121. The lowest BCUT2D eigenvalue weighted by Gasteiger charge is -2.36. The first-order chi connectivity index (χ1) is 17.7. The molecule has 0 atom stereocenters. The van der Waals surface area contributed by atoms with E-state index in [0.29, 0.717) is 5.75 Å². The molecule has 5 nitrogen and oxygen atoms in total. The van der Waals surface area contributed by atoms with Crippen molar-refractivity contribution in [3.05, 3.63) is 119 Å². The summed E-state index contributed by atoms with van der Waals surface area (Å²) < 4.78 is 5.86. The maximum Gasteiger partial charge on any atom is 0.265 e. The molecule has 1 aliphatic rings. The van der Waals surface area contributed by atoms with E-state index in [1.165, 1.54) is 0 Å². The van der Waals surface area contributed by atoms with Crippen molar-refractivity contribution >= 4 is 22.9 Å². The summed E-state index contributed by atoms with van der Waals surface area (Å²) in [5.74, 6) is 0.606. The molecule has 0 aliphatic carbocycles. The van der Waals surface area contributed by atoms with E-state index in [1.54, 1.807) is 17.5 Å². The van der Waals surface area contributed by atoms with Crippen LogP contribution >= 0.6 is 11.3 Å². The number of hydrogen-bond donors (Lipinski definition) is 0. The maximum absolute atomic E-state index is 13.4. The van der Waals surface area contributed by atoms with Crippen molar-refractivity contribution in [2.75, 3.05) is 11.5 Å². The summed E-state index contributed by atoms with van der Waals surface area (Å²) in [5, 5.41) is 0.872. The first kappa shape index (κ1) is 22.2. The van der Waals surface area contributed by atoms with Gasteiger partial charge < -0.3 is 4.74 Å². The minimum Gasteiger partial charge on any atom is -0.482 e. The van der Waals surface area contributed by atoms with E-state index in [4.69, 9.17) is 9.72 Å². The number of carbonyl (C=O) groups is 1. The molecule has 36 heavy (non-hydrogen) atoms. The predicted molar refractivity (Wildman–Crippen MR) is 143 cm³/mol. The van der Waals surface area contributed by atoms with E-state index in [9.17, 15) is 4.79 Å². The van der Waals surface area contributed by atoms with E-state index in [1.807, 2.05) is 77.7 Å². The van der Waals surface area contributed by atoms with Gasteiger partial charge in [0.05, 0.1) is 23.1 Å². The molecule has 5 aromatic rings. The Hall–Kier alpha value is -4.29. The Morgan fingerprint density at radius 2 is 1.58 bits per heavy atom. The molecule has 176 valence electrons. The maximum atomic E-state index is 13.4. The fourth-order valence-corrected chi connectivity index (χ4v) is 5.54. The number of pyridine rings is 1. The van der Waals surface area contributed by atoms with Gasteiger partial charge in [-0.05, 0) is 48.4 Å². The van der Waals surface area contributed by atoms with Gasteiger partial charge in [-0.25, -0.2) is 4.98 Å². The van der Waals surface area contributed by atoms with Gasteiger partial charge in [-0.1, -0.05) is 66.7 Å². The van der Waals surface area contributed by atoms with Gasteiger partial charge in [-0.2, -0.15) is 0 Å². The van der Waals surface area contributed by atoms with Crippen molar-refractivity contribution < 1.29 is 9.53 Å². The number of aromatic nitrogens is 2. The van der Waals surface area contributed by atoms with Gasteiger partial charge in [0.1, 0.15) is 10.8 Å². The van der Waals surface area contributed by atoms with Crippen LogP contribution in [0.2, 0.25) is 0 Å². The van der Waals surface area contributed by atoms with Crippen molar-refractivity contribution in [1.82, 2.24) is 9.97 Å². The Labute approximate surface area is 213 Å². The highest BCUT2D eigenvalue weighted by atomic mass is 32.1. The second-order valence-electron chi connectivity index (χ2n) is 8.60. The van der Waals surface area contributed by atoms with Gasteiger partial charge in [0.15, 0.2) is 6.61 Å². The largest absolute Gasteiger partial charge is 0.482 e. The van der Waals surface area contributed by atoms with Crippen LogP contribution in [0.15, 0.2) is 103 Å². The number of hydrogen-bond acceptors (Lipinski definition) is 5. The molecule has 0 N–H and O–H groups in total. The number of ether oxygens (including phenoxy) is 1. The predicted octanol–water partition coefficient (Wildman–Crippen LogP) is 6.70. The first-order valence-corrected chi connectivity index (χ1v) is 12.6. The third kappa shape index (κ3) is 4.06. The summed E-state index contributed by atoms with van der Waals surface area (Å²) in [7, 11) is 0. The number of fused-ring (bicyclic) bond motifs is 1. The van der Waals surface area contributed by atoms with Gasteiger partial charge >= 0.3 is 0 Å². The van der Waals surface area contributed by atoms with Gasteiger partial charge in [0, 0.05) is 16.6 Å². The van der Waals surface area contributed by atoms with Crippen LogP contribution in [0.1, 0.15) is 22.0 Å². The molecule has 0 unspecified atom stereocenters. The first-order valence-electron chi connectivity index (χ1n) is 11.8. The van der Waals surface area contributed by atoms with Crippen LogP contribution in [-0.4, -0.2) is 22.5 Å². The quantitative estimate of drug-likeness (QED) is 0.276. The molecule has 0 saturated heterocycles. The van der Waals surface area contributed by atoms with E-state index in [-0.39, 0.29) is 18.6 Å². The second kappa shape index (κ2) is 9.40. The highest BCUT2D eigenvalue weighted by Gasteiger charge is 2.34. The molecule has 2 aromatic heterocycles. The third-order valence-electron chi connectivity index (χ3n) is 6.28. The third-order valence-corrected chi connectivity index (χ3v) is 7.27. The number of nitrogens with zero attached hydrogens (tertiary/aromatic N) is 3. The molecule has 3 aromatic carbocycles. The topological polar surface area (TPSA) is 55.3 Å². The Kier molecular flexibility index (Phi) is 5.79. The fraction of sp³-hybridized carbons (Fsp3) is 0.100. The van der Waals surface area contributed by atoms with Crippen LogP contribution in [0.3, 0.4) is 0 Å². The number of thiazole rings is 1. The summed E-state index contributed by atoms with van der Waals surface area (Å²) in [5.41, 5.74) is 5.50. The summed E-state index contributed by atoms with van der Waals surface area (Å²) in [4.78, 5) is 25.8. The number of amides is 1. The molecule has 3 heterocycles. The van der Waals surface area contributed by atoms with Crippen LogP contribution < -0.4 is 9.64 Å². The fourth-order valence-electron chi connectivity index (χ4n) is 4.63. The Morgan fingerprint density at radius 3 is 2.25 bits per heavy atom. The van der Waals surface area contributed by atoms with Crippen LogP contribution in [0.5, 0.6) is 5.75 Å². The normalized spacial score (nSPS) is 12.9. The molecule has 6 rings (SSSR count). The molecular formula is C30H23N3O2S. The molecular weight excluding hydrogens is 466 g/mol. The monoisotopic (exact) mass is 489 g/mol. The molecule has 0 spiro atoms. The van der Waals surface area contributed by atoms with E-state index in [0.717, 1.165) is 43.7 Å². The number of benzene rings is 3. The van der Waals surface area contributed by atoms with Crippen molar-refractivity contribution in [2.24, 2.45) is 0 Å². The van der Waals surface area contributed by atoms with Gasteiger partial charge in [-0.15, -0.1) is 11.3 Å². The number of rotatable bonds is 5. The van der Waals surface area contributed by atoms with Crippen LogP contribution in [0.25, 0.3) is 22.0 Å². The summed E-state index contributed by atoms with van der Waals surface area (Å²) in [6.07, 6.45) is 1.78. The zero-order valence-corrected chi connectivity index (χ0v) is 20.5. The standard InChI is InChI=1S/C30H23N3O2S/c1-20-28(32-30(36-20)24-14-8-9-17-31-24)23-15-16-26-25(18-23)33(27(34)19-35-26)29(21-10-4-2-5-11-21)22-12-6-3-7-13-22/h2-18,29H,19H2,1H3. The highest BCUT2D eigenvalue weighted by molar-refractivity contribution is 7.15. The number of anilines is 1. The SMILES string of the molecule is Cc1sc(-c2ccccn2)nc1-c1ccc2c(c1)N(C(c1ccccc1)c1ccccc1)C(=O)CO2. The van der Waals surface area contributed by atoms with Gasteiger partial charge in [0.2, 0.25) is 0 Å². The van der Waals surface area contributed by atoms with E-state index in [2.05, 4.69) is 36.2 Å². The zero-order chi connectivity index (χ0) is 24.5. The summed E-state index contributed by atoms with van der Waals surface area (Å²) >= 11 is 1.62. The van der Waals surface area contributed by atoms with Crippen molar-refractivity contribution in [2.45, 2.75) is 13.0 Å². The minimum absolute atomic E-state index is 0.00205. The number of aryl methyl sites for hydroxylation is 1. The van der Waals surface area contributed by atoms with Crippen LogP contribution in [0, 0.1) is 6.92 Å². The smallest absolute Gasteiger partial charge is 0.265 e. The van der Waals surface area contributed by atoms with E-state index < -0.39 is 0 Å². The van der Waals surface area contributed by atoms with Gasteiger partial charge in [-0.3, -0.25) is 14.7 Å². The molecule has 6 heteroatoms. The zero-order valence-electron chi connectivity index (χ0n) is 19.7. The van der Waals surface area contributed by atoms with E-state index >= 15 is 0 Å². The van der Waals surface area contributed by atoms with Crippen LogP contribution in [-0.2, 0) is 4.79 Å². The van der Waals surface area contributed by atoms with Crippen molar-refractivity contribution in [1.29, 1.82) is 0 Å². The molecule has 0 fully saturated rings. The Morgan fingerprint density at radius 1 is 0.889 bits per heavy atom. The molecule has 0 bridgehead atoms. The summed E-state index contributed by atoms with van der Waals surface area (Å²) in [6.45, 7) is 2.07. The van der Waals surface area contributed by atoms with Crippen molar-refractivity contribution in [3.63, 3.8) is 0 Å². The summed E-state index contributed by atoms with van der Waals surface area (Å²) in [6, 6.07) is 31.8. The highest BCUT2D eigenvalue weighted by Crippen LogP contribution is 2.43. The Balaban J connectivity index is 1.48. The Bertz CT molecular complexity index is 1480. The second-order valence-corrected chi connectivity index (χ2v) is 9.80. The molecule has 1 aliphatic heterocycles. The van der Waals surface area contributed by atoms with Gasteiger partial charge in [0.25, 0.3) is 5.91 Å². The van der Waals surface area contributed by atoms with Crippen molar-refractivity contribution in [3.8, 4) is 27.7 Å². The van der Waals surface area contributed by atoms with Crippen LogP contribution in [0.4, 0.5) is 5.69 Å². The number of carbonyl (C=O) groups excluding carboxylic acids is 1. The molecule has 0 radical (unpaired) electrons. The average molecular weight is 490 g/mol. The lowest BCUT2D eigenvalue weighted by Crippen LogP contribution is -2.42. The minimum atomic E-state index is -0.279. The average Bonchev–Trinajstić information content (AvgIpc) is 3.33.